The summed E-state index contributed by atoms with van der Waals surface area (Å²) >= 11 is 1.84. The van der Waals surface area contributed by atoms with Crippen molar-refractivity contribution >= 4 is 23.1 Å². The van der Waals surface area contributed by atoms with Gasteiger partial charge in [-0.1, -0.05) is 0 Å². The topological polar surface area (TPSA) is 74.2 Å². The highest BCUT2D eigenvalue weighted by Crippen LogP contribution is 2.48. The molecule has 1 aliphatic carbocycles. The molecule has 31 heavy (non-hydrogen) atoms. The van der Waals surface area contributed by atoms with Gasteiger partial charge < -0.3 is 14.3 Å². The van der Waals surface area contributed by atoms with Crippen molar-refractivity contribution in [3.05, 3.63) is 62.9 Å². The molecule has 1 atom stereocenters. The number of aromatic nitrogens is 1. The Hall–Kier alpha value is -2.82. The minimum atomic E-state index is -0.0703. The SMILES string of the molecule is Cc1c(C#N)c(NC(=O)CN2CCc3sccc3[C@@H]2C2CC2)n(Cc2ccco2)c1C. The Labute approximate surface area is 186 Å². The van der Waals surface area contributed by atoms with E-state index < -0.39 is 0 Å². The lowest BCUT2D eigenvalue weighted by molar-refractivity contribution is -0.118. The van der Waals surface area contributed by atoms with E-state index >= 15 is 0 Å². The van der Waals surface area contributed by atoms with Gasteiger partial charge in [0.2, 0.25) is 5.91 Å². The van der Waals surface area contributed by atoms with Crippen molar-refractivity contribution in [3.63, 3.8) is 0 Å². The van der Waals surface area contributed by atoms with Gasteiger partial charge in [0.15, 0.2) is 0 Å². The van der Waals surface area contributed by atoms with Gasteiger partial charge in [0.25, 0.3) is 0 Å². The number of furan rings is 1. The molecule has 3 aromatic heterocycles. The number of carbonyl (C=O) groups excluding carboxylic acids is 1. The largest absolute Gasteiger partial charge is 0.467 e. The Bertz CT molecular complexity index is 1150. The molecule has 0 unspecified atom stereocenters. The number of carbonyl (C=O) groups is 1. The normalized spacial score (nSPS) is 18.5. The molecule has 1 fully saturated rings. The Morgan fingerprint density at radius 2 is 2.19 bits per heavy atom. The van der Waals surface area contributed by atoms with E-state index in [0.717, 1.165) is 30.0 Å². The zero-order valence-electron chi connectivity index (χ0n) is 17.9. The summed E-state index contributed by atoms with van der Waals surface area (Å²) in [6.45, 7) is 5.61. The summed E-state index contributed by atoms with van der Waals surface area (Å²) in [5.74, 6) is 1.94. The fraction of sp³-hybridized carbons (Fsp3) is 0.417. The first kappa shape index (κ1) is 20.1. The molecule has 1 amide bonds. The molecule has 160 valence electrons. The predicted octanol–water partition coefficient (Wildman–Crippen LogP) is 4.63. The van der Waals surface area contributed by atoms with Crippen molar-refractivity contribution in [2.75, 3.05) is 18.4 Å². The van der Waals surface area contributed by atoms with Crippen LogP contribution in [0.1, 0.15) is 51.9 Å². The Kier molecular flexibility index (Phi) is 5.20. The minimum Gasteiger partial charge on any atom is -0.467 e. The molecule has 1 aliphatic heterocycles. The third-order valence-corrected chi connectivity index (χ3v) is 7.62. The van der Waals surface area contributed by atoms with Gasteiger partial charge in [0.1, 0.15) is 17.6 Å². The Morgan fingerprint density at radius 3 is 2.90 bits per heavy atom. The van der Waals surface area contributed by atoms with E-state index in [0.29, 0.717) is 36.4 Å². The molecule has 0 spiro atoms. The second-order valence-electron chi connectivity index (χ2n) is 8.56. The van der Waals surface area contributed by atoms with Crippen LogP contribution >= 0.6 is 11.3 Å². The molecule has 0 bridgehead atoms. The number of anilines is 1. The minimum absolute atomic E-state index is 0.0703. The number of hydrogen-bond donors (Lipinski definition) is 1. The molecule has 0 radical (unpaired) electrons. The van der Waals surface area contributed by atoms with Crippen LogP contribution in [0.2, 0.25) is 0 Å². The van der Waals surface area contributed by atoms with Crippen LogP contribution in [0.4, 0.5) is 5.82 Å². The summed E-state index contributed by atoms with van der Waals surface area (Å²) < 4.78 is 7.47. The first-order valence-electron chi connectivity index (χ1n) is 10.8. The maximum Gasteiger partial charge on any atom is 0.239 e. The molecule has 1 N–H and O–H groups in total. The third kappa shape index (κ3) is 3.71. The first-order chi connectivity index (χ1) is 15.1. The standard InChI is InChI=1S/C24H26N4O2S/c1-15-16(2)28(13-18-4-3-10-30-18)24(20(15)12-25)26-22(29)14-27-9-7-21-19(8-11-31-21)23(27)17-5-6-17/h3-4,8,10-11,17,23H,5-7,9,13-14H2,1-2H3,(H,26,29)/t23-/m0/s1. The molecule has 2 aliphatic rings. The van der Waals surface area contributed by atoms with Crippen LogP contribution in [0.25, 0.3) is 0 Å². The van der Waals surface area contributed by atoms with E-state index in [4.69, 9.17) is 4.42 Å². The van der Waals surface area contributed by atoms with Crippen molar-refractivity contribution in [1.82, 2.24) is 9.47 Å². The van der Waals surface area contributed by atoms with Crippen LogP contribution in [0.15, 0.2) is 34.3 Å². The molecule has 5 rings (SSSR count). The van der Waals surface area contributed by atoms with Gasteiger partial charge in [-0.25, -0.2) is 0 Å². The summed E-state index contributed by atoms with van der Waals surface area (Å²) in [6, 6.07) is 8.61. The number of nitriles is 1. The molecular weight excluding hydrogens is 408 g/mol. The average molecular weight is 435 g/mol. The molecule has 1 saturated carbocycles. The van der Waals surface area contributed by atoms with Gasteiger partial charge in [-0.05, 0) is 73.7 Å². The molecule has 6 nitrogen and oxygen atoms in total. The van der Waals surface area contributed by atoms with E-state index in [-0.39, 0.29) is 5.91 Å². The quantitative estimate of drug-likeness (QED) is 0.614. The average Bonchev–Trinajstić information content (AvgIpc) is 3.17. The summed E-state index contributed by atoms with van der Waals surface area (Å²) in [5.41, 5.74) is 3.79. The van der Waals surface area contributed by atoms with E-state index in [9.17, 15) is 10.1 Å². The molecule has 7 heteroatoms. The number of amides is 1. The highest BCUT2D eigenvalue weighted by atomic mass is 32.1. The van der Waals surface area contributed by atoms with Crippen molar-refractivity contribution in [1.29, 1.82) is 5.26 Å². The van der Waals surface area contributed by atoms with Gasteiger partial charge in [-0.15, -0.1) is 11.3 Å². The smallest absolute Gasteiger partial charge is 0.239 e. The number of hydrogen-bond acceptors (Lipinski definition) is 5. The van der Waals surface area contributed by atoms with Crippen LogP contribution in [0.5, 0.6) is 0 Å². The maximum atomic E-state index is 13.2. The molecular formula is C24H26N4O2S. The van der Waals surface area contributed by atoms with Crippen LogP contribution in [-0.2, 0) is 17.8 Å². The van der Waals surface area contributed by atoms with Crippen LogP contribution in [-0.4, -0.2) is 28.5 Å². The first-order valence-corrected chi connectivity index (χ1v) is 11.7. The lowest BCUT2D eigenvalue weighted by Gasteiger charge is -2.35. The second kappa shape index (κ2) is 8.03. The zero-order valence-corrected chi connectivity index (χ0v) is 18.7. The fourth-order valence-corrected chi connectivity index (χ4v) is 5.70. The highest BCUT2D eigenvalue weighted by Gasteiger charge is 2.40. The summed E-state index contributed by atoms with van der Waals surface area (Å²) in [5, 5.41) is 15.0. The van der Waals surface area contributed by atoms with Gasteiger partial charge in [0.05, 0.1) is 24.9 Å². The van der Waals surface area contributed by atoms with E-state index in [1.54, 1.807) is 6.26 Å². The summed E-state index contributed by atoms with van der Waals surface area (Å²) in [7, 11) is 0. The number of nitrogens with one attached hydrogen (secondary N) is 1. The Morgan fingerprint density at radius 1 is 1.35 bits per heavy atom. The van der Waals surface area contributed by atoms with Crippen LogP contribution in [0.3, 0.4) is 0 Å². The number of fused-ring (bicyclic) bond motifs is 1. The molecule has 0 saturated heterocycles. The third-order valence-electron chi connectivity index (χ3n) is 6.63. The second-order valence-corrected chi connectivity index (χ2v) is 9.56. The van der Waals surface area contributed by atoms with Crippen molar-refractivity contribution < 1.29 is 9.21 Å². The number of thiophene rings is 1. The van der Waals surface area contributed by atoms with E-state index in [2.05, 4.69) is 27.7 Å². The van der Waals surface area contributed by atoms with E-state index in [1.807, 2.05) is 41.9 Å². The Balaban J connectivity index is 1.38. The van der Waals surface area contributed by atoms with Gasteiger partial charge in [0, 0.05) is 23.2 Å². The van der Waals surface area contributed by atoms with Crippen molar-refractivity contribution in [2.45, 2.75) is 45.7 Å². The van der Waals surface area contributed by atoms with Crippen molar-refractivity contribution in [2.24, 2.45) is 5.92 Å². The lowest BCUT2D eigenvalue weighted by atomic mass is 9.96. The predicted molar refractivity (Wildman–Crippen MR) is 120 cm³/mol. The van der Waals surface area contributed by atoms with Crippen LogP contribution < -0.4 is 5.32 Å². The summed E-state index contributed by atoms with van der Waals surface area (Å²) in [4.78, 5) is 17.0. The molecule has 3 aromatic rings. The van der Waals surface area contributed by atoms with Gasteiger partial charge in [-0.3, -0.25) is 9.69 Å². The number of rotatable bonds is 6. The summed E-state index contributed by atoms with van der Waals surface area (Å²) in [6.07, 6.45) is 5.11. The number of nitrogens with zero attached hydrogens (tertiary/aromatic N) is 3. The molecule has 4 heterocycles. The highest BCUT2D eigenvalue weighted by molar-refractivity contribution is 7.10. The van der Waals surface area contributed by atoms with Gasteiger partial charge in [-0.2, -0.15) is 5.26 Å². The maximum absolute atomic E-state index is 13.2. The van der Waals surface area contributed by atoms with Gasteiger partial charge >= 0.3 is 0 Å². The zero-order chi connectivity index (χ0) is 21.5. The van der Waals surface area contributed by atoms with E-state index in [1.165, 1.54) is 23.3 Å². The van der Waals surface area contributed by atoms with Crippen LogP contribution in [0, 0.1) is 31.1 Å². The fourth-order valence-electron chi connectivity index (χ4n) is 4.78. The molecule has 0 aromatic carbocycles. The van der Waals surface area contributed by atoms with Crippen molar-refractivity contribution in [3.8, 4) is 6.07 Å². The lowest BCUT2D eigenvalue weighted by Crippen LogP contribution is -2.41. The monoisotopic (exact) mass is 434 g/mol.